The smallest absolute Gasteiger partial charge is 0.303 e. The number of esters is 3. The number of carbonyl (C=O) groups excluding carboxylic acids is 3. The molecule has 0 unspecified atom stereocenters. The first-order valence-corrected chi connectivity index (χ1v) is 13.2. The zero-order valence-electron chi connectivity index (χ0n) is 21.4. The minimum Gasteiger partial charge on any atom is -0.456 e. The van der Waals surface area contributed by atoms with Gasteiger partial charge in [-0.2, -0.15) is 0 Å². The first-order valence-electron chi connectivity index (χ1n) is 12.3. The molecule has 0 aliphatic carbocycles. The summed E-state index contributed by atoms with van der Waals surface area (Å²) < 4.78 is 22.2. The third kappa shape index (κ3) is 6.09. The van der Waals surface area contributed by atoms with Gasteiger partial charge < -0.3 is 18.9 Å². The topological polar surface area (TPSA) is 88.1 Å². The highest BCUT2D eigenvalue weighted by molar-refractivity contribution is 8.01. The van der Waals surface area contributed by atoms with Crippen LogP contribution in [0.15, 0.2) is 91.0 Å². The molecule has 198 valence electrons. The molecule has 3 aromatic rings. The van der Waals surface area contributed by atoms with Crippen molar-refractivity contribution < 1.29 is 33.3 Å². The summed E-state index contributed by atoms with van der Waals surface area (Å²) >= 11 is 1.44. The van der Waals surface area contributed by atoms with E-state index in [1.807, 2.05) is 91.0 Å². The van der Waals surface area contributed by atoms with Crippen LogP contribution in [0.4, 0.5) is 0 Å². The quantitative estimate of drug-likeness (QED) is 0.230. The van der Waals surface area contributed by atoms with E-state index in [0.717, 1.165) is 16.7 Å². The Kier molecular flexibility index (Phi) is 8.86. The molecule has 4 rings (SSSR count). The largest absolute Gasteiger partial charge is 0.456 e. The van der Waals surface area contributed by atoms with Crippen molar-refractivity contribution in [3.8, 4) is 0 Å². The van der Waals surface area contributed by atoms with Gasteiger partial charge in [-0.05, 0) is 16.7 Å². The summed E-state index contributed by atoms with van der Waals surface area (Å²) in [6, 6.07) is 30.0. The molecule has 0 N–H and O–H groups in total. The number of benzene rings is 3. The number of hydrogen-bond donors (Lipinski definition) is 0. The van der Waals surface area contributed by atoms with Gasteiger partial charge in [-0.3, -0.25) is 14.4 Å². The van der Waals surface area contributed by atoms with Crippen molar-refractivity contribution in [1.82, 2.24) is 0 Å². The summed E-state index contributed by atoms with van der Waals surface area (Å²) in [5.41, 5.74) is 2.17. The van der Waals surface area contributed by atoms with Crippen LogP contribution in [0.5, 0.6) is 0 Å². The molecule has 4 atom stereocenters. The first kappa shape index (κ1) is 27.4. The van der Waals surface area contributed by atoms with Gasteiger partial charge in [0.2, 0.25) is 0 Å². The SMILES string of the molecule is CC(=O)O[C@@H]1[C@@H](OC(C)=O)[C@H](OC(C)=O)CO[C@@H]1SC(c1ccccc1)(c1ccccc1)c1ccccc1. The first-order chi connectivity index (χ1) is 18.3. The van der Waals surface area contributed by atoms with Crippen molar-refractivity contribution in [3.63, 3.8) is 0 Å². The monoisotopic (exact) mass is 534 g/mol. The molecule has 1 heterocycles. The molecule has 1 saturated heterocycles. The molecule has 0 radical (unpaired) electrons. The van der Waals surface area contributed by atoms with E-state index in [1.54, 1.807) is 0 Å². The second-order valence-electron chi connectivity index (χ2n) is 8.89. The minimum absolute atomic E-state index is 0.0403. The molecule has 7 nitrogen and oxygen atoms in total. The summed E-state index contributed by atoms with van der Waals surface area (Å²) in [4.78, 5) is 36.1. The van der Waals surface area contributed by atoms with E-state index < -0.39 is 46.4 Å². The standard InChI is InChI=1S/C30H30O7S/c1-20(31)35-26-19-34-29(28(37-22(3)33)27(26)36-21(2)32)38-30(23-13-7-4-8-14-23,24-15-9-5-10-16-24)25-17-11-6-12-18-25/h4-18,26-29H,19H2,1-3H3/t26-,27+,28-,29-/m1/s1. The molecular formula is C30H30O7S. The third-order valence-electron chi connectivity index (χ3n) is 6.14. The van der Waals surface area contributed by atoms with Crippen LogP contribution in [-0.2, 0) is 38.1 Å². The molecule has 1 fully saturated rings. The van der Waals surface area contributed by atoms with Gasteiger partial charge in [0.1, 0.15) is 5.44 Å². The molecule has 38 heavy (non-hydrogen) atoms. The summed E-state index contributed by atoms with van der Waals surface area (Å²) in [6.45, 7) is 3.76. The summed E-state index contributed by atoms with van der Waals surface area (Å²) in [6.07, 6.45) is -3.03. The van der Waals surface area contributed by atoms with Gasteiger partial charge in [0.15, 0.2) is 18.3 Å². The molecule has 8 heteroatoms. The van der Waals surface area contributed by atoms with Crippen molar-refractivity contribution in [2.45, 2.75) is 49.3 Å². The van der Waals surface area contributed by atoms with Gasteiger partial charge in [-0.15, -0.1) is 11.8 Å². The van der Waals surface area contributed by atoms with E-state index in [1.165, 1.54) is 32.5 Å². The van der Waals surface area contributed by atoms with Crippen LogP contribution in [0.25, 0.3) is 0 Å². The van der Waals surface area contributed by atoms with E-state index in [2.05, 4.69) is 0 Å². The Morgan fingerprint density at radius 2 is 1.05 bits per heavy atom. The van der Waals surface area contributed by atoms with Crippen LogP contribution in [0.2, 0.25) is 0 Å². The number of carbonyl (C=O) groups is 3. The molecule has 1 aliphatic heterocycles. The van der Waals surface area contributed by atoms with Crippen LogP contribution in [0, 0.1) is 0 Å². The average Bonchev–Trinajstić information content (AvgIpc) is 2.91. The lowest BCUT2D eigenvalue weighted by molar-refractivity contribution is -0.213. The zero-order valence-corrected chi connectivity index (χ0v) is 22.3. The van der Waals surface area contributed by atoms with Gasteiger partial charge in [0.05, 0.1) is 11.4 Å². The van der Waals surface area contributed by atoms with Crippen LogP contribution in [-0.4, -0.2) is 48.3 Å². The molecule has 0 amide bonds. The molecule has 1 aliphatic rings. The maximum absolute atomic E-state index is 12.3. The van der Waals surface area contributed by atoms with Gasteiger partial charge in [-0.1, -0.05) is 91.0 Å². The van der Waals surface area contributed by atoms with Crippen molar-refractivity contribution in [3.05, 3.63) is 108 Å². The van der Waals surface area contributed by atoms with E-state index in [4.69, 9.17) is 18.9 Å². The fraction of sp³-hybridized carbons (Fsp3) is 0.300. The Hall–Kier alpha value is -3.62. The summed E-state index contributed by atoms with van der Waals surface area (Å²) in [5.74, 6) is -1.72. The van der Waals surface area contributed by atoms with Gasteiger partial charge in [0.25, 0.3) is 0 Å². The Labute approximate surface area is 226 Å². The summed E-state index contributed by atoms with van der Waals surface area (Å²) in [5, 5.41) is 0. The van der Waals surface area contributed by atoms with Crippen LogP contribution < -0.4 is 0 Å². The molecule has 0 saturated carbocycles. The minimum atomic E-state index is -1.05. The van der Waals surface area contributed by atoms with Crippen molar-refractivity contribution in [1.29, 1.82) is 0 Å². The van der Waals surface area contributed by atoms with Gasteiger partial charge in [0, 0.05) is 20.8 Å². The predicted octanol–water partition coefficient (Wildman–Crippen LogP) is 4.86. The second-order valence-corrected chi connectivity index (χ2v) is 10.2. The van der Waals surface area contributed by atoms with Crippen molar-refractivity contribution in [2.75, 3.05) is 6.61 Å². The molecule has 0 spiro atoms. The Morgan fingerprint density at radius 1 is 0.658 bits per heavy atom. The zero-order chi connectivity index (χ0) is 27.1. The lowest BCUT2D eigenvalue weighted by Crippen LogP contribution is -2.57. The van der Waals surface area contributed by atoms with Crippen molar-refractivity contribution in [2.24, 2.45) is 0 Å². The molecule has 0 bridgehead atoms. The highest BCUT2D eigenvalue weighted by atomic mass is 32.2. The third-order valence-corrected chi connectivity index (χ3v) is 7.84. The predicted molar refractivity (Wildman–Crippen MR) is 143 cm³/mol. The highest BCUT2D eigenvalue weighted by Gasteiger charge is 2.51. The maximum Gasteiger partial charge on any atom is 0.303 e. The van der Waals surface area contributed by atoms with E-state index in [9.17, 15) is 14.4 Å². The number of thioether (sulfide) groups is 1. The average molecular weight is 535 g/mol. The lowest BCUT2D eigenvalue weighted by Gasteiger charge is -2.44. The Bertz CT molecular complexity index is 1140. The van der Waals surface area contributed by atoms with Gasteiger partial charge >= 0.3 is 17.9 Å². The normalized spacial score (nSPS) is 21.2. The van der Waals surface area contributed by atoms with Gasteiger partial charge in [-0.25, -0.2) is 0 Å². The van der Waals surface area contributed by atoms with E-state index in [-0.39, 0.29) is 6.61 Å². The number of hydrogen-bond acceptors (Lipinski definition) is 8. The van der Waals surface area contributed by atoms with Crippen LogP contribution in [0.1, 0.15) is 37.5 Å². The van der Waals surface area contributed by atoms with Crippen molar-refractivity contribution >= 4 is 29.7 Å². The maximum atomic E-state index is 12.3. The lowest BCUT2D eigenvalue weighted by atomic mass is 9.84. The Morgan fingerprint density at radius 3 is 1.45 bits per heavy atom. The second kappa shape index (κ2) is 12.3. The molecule has 0 aromatic heterocycles. The fourth-order valence-corrected chi connectivity index (χ4v) is 6.36. The number of ether oxygens (including phenoxy) is 4. The summed E-state index contributed by atoms with van der Waals surface area (Å²) in [7, 11) is 0. The van der Waals surface area contributed by atoms with Crippen LogP contribution in [0.3, 0.4) is 0 Å². The highest BCUT2D eigenvalue weighted by Crippen LogP contribution is 2.52. The van der Waals surface area contributed by atoms with E-state index in [0.29, 0.717) is 0 Å². The Balaban J connectivity index is 1.87. The number of rotatable bonds is 8. The molecular weight excluding hydrogens is 504 g/mol. The fourth-order valence-electron chi connectivity index (χ4n) is 4.71. The van der Waals surface area contributed by atoms with Crippen LogP contribution >= 0.6 is 11.8 Å². The molecule has 3 aromatic carbocycles. The van der Waals surface area contributed by atoms with E-state index >= 15 is 0 Å².